The largest absolute Gasteiger partial charge is 0.350 e. The molecule has 1 unspecified atom stereocenters. The molecule has 2 nitrogen and oxygen atoms in total. The van der Waals surface area contributed by atoms with Gasteiger partial charge in [-0.3, -0.25) is 4.79 Å². The summed E-state index contributed by atoms with van der Waals surface area (Å²) >= 11 is 5.34. The highest BCUT2D eigenvalue weighted by molar-refractivity contribution is 9.10. The molecule has 0 bridgehead atoms. The predicted molar refractivity (Wildman–Crippen MR) is 83.4 cm³/mol. The summed E-state index contributed by atoms with van der Waals surface area (Å²) in [5.74, 6) is 2.24. The smallest absolute Gasteiger partial charge is 0.251 e. The molecule has 0 radical (unpaired) electrons. The minimum Gasteiger partial charge on any atom is -0.350 e. The lowest BCUT2D eigenvalue weighted by molar-refractivity contribution is 0.0939. The zero-order valence-electron chi connectivity index (χ0n) is 11.1. The van der Waals surface area contributed by atoms with Gasteiger partial charge < -0.3 is 5.32 Å². The normalized spacial score (nSPS) is 12.2. The van der Waals surface area contributed by atoms with E-state index in [1.54, 1.807) is 0 Å². The third-order valence-electron chi connectivity index (χ3n) is 2.70. The van der Waals surface area contributed by atoms with Crippen molar-refractivity contribution in [2.75, 3.05) is 11.5 Å². The molecule has 0 aliphatic heterocycles. The van der Waals surface area contributed by atoms with Gasteiger partial charge in [-0.1, -0.05) is 22.9 Å². The summed E-state index contributed by atoms with van der Waals surface area (Å²) in [6.45, 7) is 6.19. The SMILES string of the molecule is CCSCCC(C)NC(=O)c1ccc(Br)c(C)c1. The zero-order valence-corrected chi connectivity index (χ0v) is 13.5. The molecular formula is C14H20BrNOS. The molecule has 0 saturated carbocycles. The van der Waals surface area contributed by atoms with Crippen molar-refractivity contribution < 1.29 is 4.79 Å². The van der Waals surface area contributed by atoms with E-state index in [9.17, 15) is 4.79 Å². The van der Waals surface area contributed by atoms with Crippen molar-refractivity contribution in [3.05, 3.63) is 33.8 Å². The lowest BCUT2D eigenvalue weighted by Gasteiger charge is -2.14. The number of aryl methyl sites for hydroxylation is 1. The number of amides is 1. The number of thioether (sulfide) groups is 1. The Labute approximate surface area is 122 Å². The van der Waals surface area contributed by atoms with Gasteiger partial charge in [-0.2, -0.15) is 11.8 Å². The summed E-state index contributed by atoms with van der Waals surface area (Å²) < 4.78 is 1.03. The van der Waals surface area contributed by atoms with Crippen LogP contribution in [0.2, 0.25) is 0 Å². The first-order valence-electron chi connectivity index (χ1n) is 6.19. The van der Waals surface area contributed by atoms with Crippen LogP contribution in [0.4, 0.5) is 0 Å². The highest BCUT2D eigenvalue weighted by atomic mass is 79.9. The Morgan fingerprint density at radius 2 is 2.22 bits per heavy atom. The Balaban J connectivity index is 2.51. The van der Waals surface area contributed by atoms with E-state index in [0.29, 0.717) is 0 Å². The van der Waals surface area contributed by atoms with Crippen molar-refractivity contribution in [3.8, 4) is 0 Å². The first-order chi connectivity index (χ1) is 8.54. The number of halogens is 1. The molecule has 0 aliphatic rings. The van der Waals surface area contributed by atoms with Gasteiger partial charge in [0.25, 0.3) is 5.91 Å². The van der Waals surface area contributed by atoms with Crippen molar-refractivity contribution in [1.29, 1.82) is 0 Å². The molecule has 0 spiro atoms. The maximum absolute atomic E-state index is 12.0. The van der Waals surface area contributed by atoms with Crippen LogP contribution < -0.4 is 5.32 Å². The van der Waals surface area contributed by atoms with Crippen LogP contribution in [0.1, 0.15) is 36.2 Å². The Bertz CT molecular complexity index is 409. The van der Waals surface area contributed by atoms with E-state index >= 15 is 0 Å². The van der Waals surface area contributed by atoms with E-state index in [4.69, 9.17) is 0 Å². The van der Waals surface area contributed by atoms with Crippen LogP contribution in [0.25, 0.3) is 0 Å². The number of hydrogen-bond acceptors (Lipinski definition) is 2. The second kappa shape index (κ2) is 7.85. The summed E-state index contributed by atoms with van der Waals surface area (Å²) in [4.78, 5) is 12.0. The Kier molecular flexibility index (Phi) is 6.79. The van der Waals surface area contributed by atoms with Gasteiger partial charge in [0, 0.05) is 16.1 Å². The Morgan fingerprint density at radius 3 is 2.83 bits per heavy atom. The predicted octanol–water partition coefficient (Wildman–Crippen LogP) is 4.02. The van der Waals surface area contributed by atoms with E-state index in [2.05, 4.69) is 35.1 Å². The first-order valence-corrected chi connectivity index (χ1v) is 8.14. The van der Waals surface area contributed by atoms with Crippen LogP contribution in [-0.2, 0) is 0 Å². The average molecular weight is 330 g/mol. The van der Waals surface area contributed by atoms with E-state index < -0.39 is 0 Å². The average Bonchev–Trinajstić information content (AvgIpc) is 2.33. The highest BCUT2D eigenvalue weighted by Gasteiger charge is 2.10. The Hall–Kier alpha value is -0.480. The summed E-state index contributed by atoms with van der Waals surface area (Å²) in [6.07, 6.45) is 1.01. The van der Waals surface area contributed by atoms with Gasteiger partial charge in [-0.25, -0.2) is 0 Å². The molecular weight excluding hydrogens is 310 g/mol. The molecule has 0 heterocycles. The maximum Gasteiger partial charge on any atom is 0.251 e. The molecule has 0 saturated heterocycles. The minimum absolute atomic E-state index is 0.0135. The van der Waals surface area contributed by atoms with Gasteiger partial charge in [-0.05, 0) is 55.5 Å². The van der Waals surface area contributed by atoms with Gasteiger partial charge in [0.1, 0.15) is 0 Å². The van der Waals surface area contributed by atoms with Gasteiger partial charge in [-0.15, -0.1) is 0 Å². The number of benzene rings is 1. The van der Waals surface area contributed by atoms with Crippen molar-refractivity contribution in [3.63, 3.8) is 0 Å². The molecule has 1 aromatic carbocycles. The monoisotopic (exact) mass is 329 g/mol. The molecule has 1 rings (SSSR count). The summed E-state index contributed by atoms with van der Waals surface area (Å²) in [6, 6.07) is 5.90. The van der Waals surface area contributed by atoms with E-state index in [1.165, 1.54) is 0 Å². The number of hydrogen-bond donors (Lipinski definition) is 1. The standard InChI is InChI=1S/C14H20BrNOS/c1-4-18-8-7-11(3)16-14(17)12-5-6-13(15)10(2)9-12/h5-6,9,11H,4,7-8H2,1-3H3,(H,16,17). The highest BCUT2D eigenvalue weighted by Crippen LogP contribution is 2.17. The van der Waals surface area contributed by atoms with Crippen molar-refractivity contribution in [2.45, 2.75) is 33.2 Å². The fourth-order valence-electron chi connectivity index (χ4n) is 1.57. The number of carbonyl (C=O) groups excluding carboxylic acids is 1. The summed E-state index contributed by atoms with van der Waals surface area (Å²) in [5, 5.41) is 3.03. The van der Waals surface area contributed by atoms with Gasteiger partial charge >= 0.3 is 0 Å². The third-order valence-corrected chi connectivity index (χ3v) is 4.52. The van der Waals surface area contributed by atoms with Gasteiger partial charge in [0.05, 0.1) is 0 Å². The minimum atomic E-state index is 0.0135. The second-order valence-corrected chi connectivity index (χ2v) is 6.57. The van der Waals surface area contributed by atoms with Gasteiger partial charge in [0.2, 0.25) is 0 Å². The maximum atomic E-state index is 12.0. The summed E-state index contributed by atoms with van der Waals surface area (Å²) in [7, 11) is 0. The quantitative estimate of drug-likeness (QED) is 0.798. The first kappa shape index (κ1) is 15.6. The molecule has 0 aromatic heterocycles. The molecule has 1 aromatic rings. The van der Waals surface area contributed by atoms with Crippen molar-refractivity contribution in [1.82, 2.24) is 5.32 Å². The number of rotatable bonds is 6. The van der Waals surface area contributed by atoms with Crippen molar-refractivity contribution >= 4 is 33.6 Å². The molecule has 4 heteroatoms. The molecule has 1 N–H and O–H groups in total. The molecule has 100 valence electrons. The van der Waals surface area contributed by atoms with Crippen molar-refractivity contribution in [2.24, 2.45) is 0 Å². The van der Waals surface area contributed by atoms with E-state index in [0.717, 1.165) is 33.5 Å². The molecule has 0 aliphatic carbocycles. The number of carbonyl (C=O) groups is 1. The third kappa shape index (κ3) is 5.02. The fraction of sp³-hybridized carbons (Fsp3) is 0.500. The second-order valence-electron chi connectivity index (χ2n) is 4.32. The fourth-order valence-corrected chi connectivity index (χ4v) is 2.63. The van der Waals surface area contributed by atoms with Crippen LogP contribution in [0.15, 0.2) is 22.7 Å². The van der Waals surface area contributed by atoms with Crippen LogP contribution in [0, 0.1) is 6.92 Å². The molecule has 1 atom stereocenters. The lowest BCUT2D eigenvalue weighted by atomic mass is 10.1. The van der Waals surface area contributed by atoms with Gasteiger partial charge in [0.15, 0.2) is 0 Å². The van der Waals surface area contributed by atoms with Crippen LogP contribution in [-0.4, -0.2) is 23.5 Å². The molecule has 1 amide bonds. The zero-order chi connectivity index (χ0) is 13.5. The lowest BCUT2D eigenvalue weighted by Crippen LogP contribution is -2.33. The number of nitrogens with one attached hydrogen (secondary N) is 1. The van der Waals surface area contributed by atoms with Crippen LogP contribution in [0.5, 0.6) is 0 Å². The van der Waals surface area contributed by atoms with E-state index in [1.807, 2.05) is 36.9 Å². The van der Waals surface area contributed by atoms with E-state index in [-0.39, 0.29) is 11.9 Å². The molecule has 18 heavy (non-hydrogen) atoms. The molecule has 0 fully saturated rings. The summed E-state index contributed by atoms with van der Waals surface area (Å²) in [5.41, 5.74) is 1.81. The topological polar surface area (TPSA) is 29.1 Å². The van der Waals surface area contributed by atoms with Crippen LogP contribution in [0.3, 0.4) is 0 Å². The van der Waals surface area contributed by atoms with Crippen LogP contribution >= 0.6 is 27.7 Å². The Morgan fingerprint density at radius 1 is 1.50 bits per heavy atom.